The van der Waals surface area contributed by atoms with Crippen molar-refractivity contribution in [1.29, 1.82) is 0 Å². The SMILES string of the molecule is CCO/C(O)=C1/C=C[C@H](c2ccccc2)C=C1OC. The first-order valence-electron chi connectivity index (χ1n) is 6.31. The summed E-state index contributed by atoms with van der Waals surface area (Å²) in [6.07, 6.45) is 5.82. The van der Waals surface area contributed by atoms with E-state index in [1.54, 1.807) is 7.11 Å². The molecule has 0 saturated heterocycles. The molecule has 0 spiro atoms. The highest BCUT2D eigenvalue weighted by molar-refractivity contribution is 5.46. The molecule has 3 heteroatoms. The monoisotopic (exact) mass is 258 g/mol. The first kappa shape index (κ1) is 13.3. The molecule has 1 aliphatic rings. The number of benzene rings is 1. The van der Waals surface area contributed by atoms with Crippen LogP contribution in [0.3, 0.4) is 0 Å². The van der Waals surface area contributed by atoms with Gasteiger partial charge in [-0.3, -0.25) is 0 Å². The van der Waals surface area contributed by atoms with Gasteiger partial charge in [-0.2, -0.15) is 0 Å². The van der Waals surface area contributed by atoms with Crippen molar-refractivity contribution in [2.75, 3.05) is 13.7 Å². The zero-order valence-corrected chi connectivity index (χ0v) is 11.2. The number of allylic oxidation sites excluding steroid dienone is 3. The van der Waals surface area contributed by atoms with Gasteiger partial charge in [-0.1, -0.05) is 36.4 Å². The molecule has 100 valence electrons. The third kappa shape index (κ3) is 2.99. The molecule has 0 aliphatic heterocycles. The van der Waals surface area contributed by atoms with Gasteiger partial charge >= 0.3 is 0 Å². The van der Waals surface area contributed by atoms with Gasteiger partial charge in [0.05, 0.1) is 19.3 Å². The van der Waals surface area contributed by atoms with Crippen molar-refractivity contribution in [3.05, 3.63) is 71.4 Å². The van der Waals surface area contributed by atoms with E-state index in [-0.39, 0.29) is 11.9 Å². The van der Waals surface area contributed by atoms with Gasteiger partial charge < -0.3 is 14.6 Å². The number of hydrogen-bond donors (Lipinski definition) is 1. The summed E-state index contributed by atoms with van der Waals surface area (Å²) in [6, 6.07) is 10.1. The van der Waals surface area contributed by atoms with Crippen molar-refractivity contribution in [1.82, 2.24) is 0 Å². The standard InChI is InChI=1S/C16H18O3/c1-3-19-16(17)14-10-9-13(11-15(14)18-2)12-7-5-4-6-8-12/h4-11,13,17H,3H2,1-2H3/b16-14-/t13-/m0/s1. The summed E-state index contributed by atoms with van der Waals surface area (Å²) in [7, 11) is 1.59. The molecule has 19 heavy (non-hydrogen) atoms. The third-order valence-corrected chi connectivity index (χ3v) is 2.98. The predicted molar refractivity (Wildman–Crippen MR) is 74.7 cm³/mol. The Bertz CT molecular complexity index is 512. The molecule has 0 bridgehead atoms. The normalized spacial score (nSPS) is 20.7. The third-order valence-electron chi connectivity index (χ3n) is 2.98. The fraction of sp³-hybridized carbons (Fsp3) is 0.250. The molecule has 1 aromatic rings. The highest BCUT2D eigenvalue weighted by Crippen LogP contribution is 2.30. The predicted octanol–water partition coefficient (Wildman–Crippen LogP) is 3.68. The largest absolute Gasteiger partial charge is 0.496 e. The van der Waals surface area contributed by atoms with Crippen molar-refractivity contribution >= 4 is 0 Å². The van der Waals surface area contributed by atoms with Gasteiger partial charge in [-0.15, -0.1) is 0 Å². The molecule has 0 amide bonds. The maximum absolute atomic E-state index is 9.82. The molecule has 0 fully saturated rings. The highest BCUT2D eigenvalue weighted by atomic mass is 16.6. The lowest BCUT2D eigenvalue weighted by Crippen LogP contribution is -2.06. The van der Waals surface area contributed by atoms with Crippen molar-refractivity contribution in [2.24, 2.45) is 0 Å². The number of rotatable bonds is 4. The summed E-state index contributed by atoms with van der Waals surface area (Å²) in [4.78, 5) is 0. The lowest BCUT2D eigenvalue weighted by molar-refractivity contribution is 0.0969. The van der Waals surface area contributed by atoms with Crippen LogP contribution >= 0.6 is 0 Å². The maximum Gasteiger partial charge on any atom is 0.288 e. The Hall–Kier alpha value is -2.16. The van der Waals surface area contributed by atoms with Gasteiger partial charge in [0, 0.05) is 5.92 Å². The number of methoxy groups -OCH3 is 1. The molecular formula is C16H18O3. The van der Waals surface area contributed by atoms with Gasteiger partial charge in [0.2, 0.25) is 0 Å². The quantitative estimate of drug-likeness (QED) is 0.837. The number of aliphatic hydroxyl groups excluding tert-OH is 1. The van der Waals surface area contributed by atoms with E-state index in [0.717, 1.165) is 0 Å². The Morgan fingerprint density at radius 1 is 1.26 bits per heavy atom. The Morgan fingerprint density at radius 3 is 2.63 bits per heavy atom. The molecule has 1 aromatic carbocycles. The molecule has 2 rings (SSSR count). The second-order valence-electron chi connectivity index (χ2n) is 4.18. The molecule has 0 saturated carbocycles. The average molecular weight is 258 g/mol. The van der Waals surface area contributed by atoms with Crippen LogP contribution in [0, 0.1) is 0 Å². The van der Waals surface area contributed by atoms with Gasteiger partial charge in [0.15, 0.2) is 0 Å². The van der Waals surface area contributed by atoms with E-state index in [0.29, 0.717) is 17.9 Å². The molecule has 1 N–H and O–H groups in total. The molecule has 1 aliphatic carbocycles. The van der Waals surface area contributed by atoms with E-state index in [4.69, 9.17) is 9.47 Å². The molecule has 0 radical (unpaired) electrons. The summed E-state index contributed by atoms with van der Waals surface area (Å²) >= 11 is 0. The van der Waals surface area contributed by atoms with Gasteiger partial charge in [0.1, 0.15) is 5.76 Å². The van der Waals surface area contributed by atoms with E-state index in [1.165, 1.54) is 5.56 Å². The van der Waals surface area contributed by atoms with Crippen LogP contribution in [0.1, 0.15) is 18.4 Å². The lowest BCUT2D eigenvalue weighted by Gasteiger charge is -2.18. The van der Waals surface area contributed by atoms with Crippen molar-refractivity contribution in [3.8, 4) is 0 Å². The van der Waals surface area contributed by atoms with E-state index in [1.807, 2.05) is 43.4 Å². The van der Waals surface area contributed by atoms with E-state index < -0.39 is 0 Å². The fourth-order valence-electron chi connectivity index (χ4n) is 2.04. The zero-order valence-electron chi connectivity index (χ0n) is 11.2. The maximum atomic E-state index is 9.82. The van der Waals surface area contributed by atoms with E-state index in [9.17, 15) is 5.11 Å². The molecule has 0 unspecified atom stereocenters. The second-order valence-corrected chi connectivity index (χ2v) is 4.18. The summed E-state index contributed by atoms with van der Waals surface area (Å²) in [5, 5.41) is 9.82. The summed E-state index contributed by atoms with van der Waals surface area (Å²) in [5.41, 5.74) is 1.76. The van der Waals surface area contributed by atoms with Crippen LogP contribution in [0.5, 0.6) is 0 Å². The Kier molecular flexibility index (Phi) is 4.29. The molecule has 0 heterocycles. The minimum absolute atomic E-state index is 0.0987. The Labute approximate surface area is 113 Å². The average Bonchev–Trinajstić information content (AvgIpc) is 2.47. The number of ether oxygens (including phenoxy) is 2. The van der Waals surface area contributed by atoms with Gasteiger partial charge in [0.25, 0.3) is 5.95 Å². The van der Waals surface area contributed by atoms with Crippen LogP contribution in [-0.2, 0) is 9.47 Å². The van der Waals surface area contributed by atoms with Crippen LogP contribution < -0.4 is 0 Å². The molecule has 1 atom stereocenters. The molecular weight excluding hydrogens is 240 g/mol. The minimum atomic E-state index is -0.0987. The van der Waals surface area contributed by atoms with E-state index >= 15 is 0 Å². The summed E-state index contributed by atoms with van der Waals surface area (Å²) in [6.45, 7) is 2.24. The van der Waals surface area contributed by atoms with Crippen LogP contribution in [0.2, 0.25) is 0 Å². The van der Waals surface area contributed by atoms with Crippen LogP contribution in [0.15, 0.2) is 65.8 Å². The summed E-state index contributed by atoms with van der Waals surface area (Å²) in [5.74, 6) is 0.676. The van der Waals surface area contributed by atoms with Crippen molar-refractivity contribution in [3.63, 3.8) is 0 Å². The second kappa shape index (κ2) is 6.14. The highest BCUT2D eigenvalue weighted by Gasteiger charge is 2.18. The summed E-state index contributed by atoms with van der Waals surface area (Å²) < 4.78 is 10.5. The molecule has 3 nitrogen and oxygen atoms in total. The number of hydrogen-bond acceptors (Lipinski definition) is 3. The number of aliphatic hydroxyl groups is 1. The zero-order chi connectivity index (χ0) is 13.7. The smallest absolute Gasteiger partial charge is 0.288 e. The minimum Gasteiger partial charge on any atom is -0.496 e. The Morgan fingerprint density at radius 2 is 2.00 bits per heavy atom. The first-order valence-corrected chi connectivity index (χ1v) is 6.31. The van der Waals surface area contributed by atoms with Crippen molar-refractivity contribution in [2.45, 2.75) is 12.8 Å². The Balaban J connectivity index is 2.30. The van der Waals surface area contributed by atoms with Crippen LogP contribution in [0.4, 0.5) is 0 Å². The fourth-order valence-corrected chi connectivity index (χ4v) is 2.04. The lowest BCUT2D eigenvalue weighted by atomic mass is 9.92. The van der Waals surface area contributed by atoms with Gasteiger partial charge in [-0.25, -0.2) is 0 Å². The first-order chi connectivity index (χ1) is 9.26. The van der Waals surface area contributed by atoms with E-state index in [2.05, 4.69) is 12.1 Å². The van der Waals surface area contributed by atoms with Crippen LogP contribution in [-0.4, -0.2) is 18.8 Å². The molecule has 0 aromatic heterocycles. The topological polar surface area (TPSA) is 38.7 Å². The van der Waals surface area contributed by atoms with Gasteiger partial charge in [-0.05, 0) is 24.6 Å². The van der Waals surface area contributed by atoms with Crippen LogP contribution in [0.25, 0.3) is 0 Å². The van der Waals surface area contributed by atoms with Crippen molar-refractivity contribution < 1.29 is 14.6 Å².